The Labute approximate surface area is 211 Å². The number of methoxy groups -OCH3 is 3. The van der Waals surface area contributed by atoms with E-state index in [4.69, 9.17) is 25.8 Å². The Hall–Kier alpha value is -3.17. The van der Waals surface area contributed by atoms with Gasteiger partial charge in [-0.1, -0.05) is 11.6 Å². The van der Waals surface area contributed by atoms with Crippen LogP contribution in [0.1, 0.15) is 43.4 Å². The summed E-state index contributed by atoms with van der Waals surface area (Å²) in [4.78, 5) is 16.3. The van der Waals surface area contributed by atoms with Gasteiger partial charge >= 0.3 is 0 Å². The molecule has 0 aromatic carbocycles. The Balaban J connectivity index is 1.76. The first kappa shape index (κ1) is 25.9. The van der Waals surface area contributed by atoms with Gasteiger partial charge in [-0.15, -0.1) is 10.2 Å². The number of nitrogens with zero attached hydrogens (tertiary/aromatic N) is 7. The van der Waals surface area contributed by atoms with Gasteiger partial charge in [0.25, 0.3) is 0 Å². The molecule has 36 heavy (non-hydrogen) atoms. The lowest BCUT2D eigenvalue weighted by Gasteiger charge is -2.29. The Morgan fingerprint density at radius 2 is 1.69 bits per heavy atom. The summed E-state index contributed by atoms with van der Waals surface area (Å²) in [7, 11) is -0.0560. The van der Waals surface area contributed by atoms with Crippen LogP contribution in [-0.2, 0) is 14.8 Å². The average molecular weight is 543 g/mol. The largest absolute Gasteiger partial charge is 0.479 e. The number of alkyl halides is 1. The van der Waals surface area contributed by atoms with E-state index >= 15 is 0 Å². The molecule has 0 bridgehead atoms. The highest BCUT2D eigenvalue weighted by Crippen LogP contribution is 2.42. The summed E-state index contributed by atoms with van der Waals surface area (Å²) in [5, 5.41) is 7.33. The van der Waals surface area contributed by atoms with Crippen molar-refractivity contribution in [2.75, 3.05) is 26.1 Å². The first-order chi connectivity index (χ1) is 17.2. The van der Waals surface area contributed by atoms with Crippen LogP contribution >= 0.6 is 11.6 Å². The molecule has 0 radical (unpaired) electrons. The molecule has 4 rings (SSSR count). The number of nitrogens with one attached hydrogen (secondary N) is 1. The van der Waals surface area contributed by atoms with Gasteiger partial charge in [0.15, 0.2) is 11.5 Å². The van der Waals surface area contributed by atoms with Crippen LogP contribution in [-0.4, -0.2) is 75.9 Å². The van der Waals surface area contributed by atoms with Crippen LogP contribution in [0.3, 0.4) is 0 Å². The summed E-state index contributed by atoms with van der Waals surface area (Å²) < 4.78 is 60.5. The Morgan fingerprint density at radius 1 is 1.08 bits per heavy atom. The fourth-order valence-corrected chi connectivity index (χ4v) is 5.03. The predicted molar refractivity (Wildman–Crippen MR) is 126 cm³/mol. The molecule has 3 heterocycles. The standard InChI is InChI=1S/C20H24ClFN8O5S/c1-10(15(33-2)16-23-7-12(21)8-24-16)36(31,32)29-20-28-27-17(11-5-13(22)6-11)30(20)14-18(34-3)25-9-26-19(14)35-4/h7-11,13,15H,5-6H2,1-4H3,(H,28,29)/t10-,11-,13-,15-/m0/s1. The molecule has 1 aliphatic carbocycles. The first-order valence-corrected chi connectivity index (χ1v) is 12.7. The maximum Gasteiger partial charge on any atom is 0.245 e. The van der Waals surface area contributed by atoms with Crippen molar-refractivity contribution in [3.63, 3.8) is 0 Å². The van der Waals surface area contributed by atoms with Crippen molar-refractivity contribution in [1.29, 1.82) is 0 Å². The SMILES string of the molecule is COc1ncnc(OC)c1-n1c(NS(=O)(=O)[C@@H](C)[C@H](OC)c2ncc(Cl)cn2)nnc1[C@H]1C[C@H](F)C1. The average Bonchev–Trinajstić information content (AvgIpc) is 3.24. The van der Waals surface area contributed by atoms with Crippen LogP contribution in [0.4, 0.5) is 10.3 Å². The highest BCUT2D eigenvalue weighted by molar-refractivity contribution is 7.93. The van der Waals surface area contributed by atoms with E-state index in [1.54, 1.807) is 0 Å². The Bertz CT molecular complexity index is 1300. The topological polar surface area (TPSA) is 156 Å². The van der Waals surface area contributed by atoms with Crippen molar-refractivity contribution in [3.8, 4) is 17.4 Å². The summed E-state index contributed by atoms with van der Waals surface area (Å²) in [5.41, 5.74) is 0.166. The minimum atomic E-state index is -4.17. The van der Waals surface area contributed by atoms with Crippen molar-refractivity contribution in [3.05, 3.63) is 35.4 Å². The summed E-state index contributed by atoms with van der Waals surface area (Å²) in [6.07, 6.45) is 2.31. The number of ether oxygens (including phenoxy) is 3. The summed E-state index contributed by atoms with van der Waals surface area (Å²) in [6, 6.07) is 0. The second kappa shape index (κ2) is 10.4. The van der Waals surface area contributed by atoms with Gasteiger partial charge in [0, 0.05) is 25.4 Å². The van der Waals surface area contributed by atoms with E-state index in [0.717, 1.165) is 0 Å². The minimum Gasteiger partial charge on any atom is -0.479 e. The Kier molecular flexibility index (Phi) is 7.51. The monoisotopic (exact) mass is 542 g/mol. The molecule has 0 aliphatic heterocycles. The molecule has 13 nitrogen and oxygen atoms in total. The smallest absolute Gasteiger partial charge is 0.245 e. The van der Waals surface area contributed by atoms with E-state index in [-0.39, 0.29) is 48.0 Å². The van der Waals surface area contributed by atoms with Gasteiger partial charge in [-0.2, -0.15) is 9.97 Å². The third-order valence-corrected chi connectivity index (χ3v) is 7.69. The summed E-state index contributed by atoms with van der Waals surface area (Å²) in [5.74, 6) is 0.105. The van der Waals surface area contributed by atoms with E-state index in [0.29, 0.717) is 10.8 Å². The number of halogens is 2. The van der Waals surface area contributed by atoms with Gasteiger partial charge in [0.2, 0.25) is 27.7 Å². The van der Waals surface area contributed by atoms with E-state index in [1.165, 1.54) is 51.5 Å². The second-order valence-corrected chi connectivity index (χ2v) is 10.5. The molecular formula is C20H24ClFN8O5S. The molecule has 1 aliphatic rings. The molecule has 0 saturated heterocycles. The molecule has 1 N–H and O–H groups in total. The normalized spacial score (nSPS) is 19.3. The molecule has 0 unspecified atom stereocenters. The minimum absolute atomic E-state index is 0.0804. The van der Waals surface area contributed by atoms with Crippen molar-refractivity contribution in [2.24, 2.45) is 0 Å². The van der Waals surface area contributed by atoms with E-state index in [9.17, 15) is 12.8 Å². The molecular weight excluding hydrogens is 519 g/mol. The molecule has 0 spiro atoms. The lowest BCUT2D eigenvalue weighted by Crippen LogP contribution is -2.33. The van der Waals surface area contributed by atoms with E-state index in [1.807, 2.05) is 0 Å². The predicted octanol–water partition coefficient (Wildman–Crippen LogP) is 2.25. The zero-order chi connectivity index (χ0) is 26.0. The van der Waals surface area contributed by atoms with Crippen molar-refractivity contribution in [2.45, 2.75) is 43.2 Å². The fourth-order valence-electron chi connectivity index (χ4n) is 3.80. The zero-order valence-corrected chi connectivity index (χ0v) is 21.4. The van der Waals surface area contributed by atoms with Crippen LogP contribution in [0.15, 0.2) is 18.7 Å². The quantitative estimate of drug-likeness (QED) is 0.400. The molecule has 16 heteroatoms. The van der Waals surface area contributed by atoms with Gasteiger partial charge in [-0.25, -0.2) is 22.8 Å². The molecule has 0 amide bonds. The lowest BCUT2D eigenvalue weighted by molar-refractivity contribution is 0.0950. The van der Waals surface area contributed by atoms with Gasteiger partial charge in [0.1, 0.15) is 29.7 Å². The maximum absolute atomic E-state index is 13.7. The zero-order valence-electron chi connectivity index (χ0n) is 19.8. The molecule has 1 fully saturated rings. The third kappa shape index (κ3) is 4.90. The molecule has 3 aromatic heterocycles. The maximum atomic E-state index is 13.7. The van der Waals surface area contributed by atoms with E-state index < -0.39 is 27.5 Å². The second-order valence-electron chi connectivity index (χ2n) is 7.99. The highest BCUT2D eigenvalue weighted by Gasteiger charge is 2.39. The fraction of sp³-hybridized carbons (Fsp3) is 0.500. The lowest BCUT2D eigenvalue weighted by atomic mass is 9.83. The van der Waals surface area contributed by atoms with Gasteiger partial charge < -0.3 is 14.2 Å². The first-order valence-electron chi connectivity index (χ1n) is 10.7. The summed E-state index contributed by atoms with van der Waals surface area (Å²) in [6.45, 7) is 1.43. The summed E-state index contributed by atoms with van der Waals surface area (Å²) >= 11 is 5.85. The number of aromatic nitrogens is 7. The number of rotatable bonds is 10. The van der Waals surface area contributed by atoms with E-state index in [2.05, 4.69) is 34.9 Å². The van der Waals surface area contributed by atoms with Crippen LogP contribution in [0.5, 0.6) is 11.8 Å². The van der Waals surface area contributed by atoms with Crippen molar-refractivity contribution < 1.29 is 27.0 Å². The van der Waals surface area contributed by atoms with Crippen LogP contribution in [0, 0.1) is 0 Å². The van der Waals surface area contributed by atoms with Crippen molar-refractivity contribution in [1.82, 2.24) is 34.7 Å². The highest BCUT2D eigenvalue weighted by atomic mass is 35.5. The third-order valence-electron chi connectivity index (χ3n) is 5.80. The van der Waals surface area contributed by atoms with Crippen LogP contribution in [0.2, 0.25) is 5.02 Å². The van der Waals surface area contributed by atoms with Crippen LogP contribution in [0.25, 0.3) is 5.69 Å². The number of sulfonamides is 1. The molecule has 194 valence electrons. The number of hydrogen-bond donors (Lipinski definition) is 1. The number of hydrogen-bond acceptors (Lipinski definition) is 11. The Morgan fingerprint density at radius 3 is 2.22 bits per heavy atom. The molecule has 2 atom stereocenters. The van der Waals surface area contributed by atoms with Crippen LogP contribution < -0.4 is 14.2 Å². The number of anilines is 1. The van der Waals surface area contributed by atoms with Crippen molar-refractivity contribution >= 4 is 27.6 Å². The van der Waals surface area contributed by atoms with Gasteiger partial charge in [-0.3, -0.25) is 9.29 Å². The molecule has 3 aromatic rings. The molecule has 1 saturated carbocycles. The van der Waals surface area contributed by atoms with Gasteiger partial charge in [0.05, 0.1) is 19.2 Å². The van der Waals surface area contributed by atoms with Gasteiger partial charge in [-0.05, 0) is 19.8 Å².